The van der Waals surface area contributed by atoms with E-state index in [4.69, 9.17) is 10.6 Å². The van der Waals surface area contributed by atoms with Crippen molar-refractivity contribution >= 4 is 11.7 Å². The van der Waals surface area contributed by atoms with Crippen molar-refractivity contribution in [2.24, 2.45) is 15.9 Å². The number of hydrogen-bond acceptors (Lipinski definition) is 3. The molecular weight excluding hydrogens is 118 g/mol. The van der Waals surface area contributed by atoms with Crippen molar-refractivity contribution in [1.29, 1.82) is 0 Å². The molecule has 0 aromatic rings. The Morgan fingerprint density at radius 1 is 1.89 bits per heavy atom. The predicted molar refractivity (Wildman–Crippen MR) is 35.3 cm³/mol. The monoisotopic (exact) mass is 127 g/mol. The van der Waals surface area contributed by atoms with Crippen LogP contribution in [0.2, 0.25) is 0 Å². The summed E-state index contributed by atoms with van der Waals surface area (Å²) in [6.07, 6.45) is 0.805. The normalized spacial score (nSPS) is 21.9. The van der Waals surface area contributed by atoms with Crippen LogP contribution in [0.3, 0.4) is 0 Å². The first-order valence-electron chi connectivity index (χ1n) is 2.84. The molecule has 4 heteroatoms. The fraction of sp³-hybridized carbons (Fsp3) is 0.600. The summed E-state index contributed by atoms with van der Waals surface area (Å²) in [5.41, 5.74) is 0. The Bertz CT molecular complexity index is 162. The van der Waals surface area contributed by atoms with Gasteiger partial charge in [-0.1, -0.05) is 6.92 Å². The van der Waals surface area contributed by atoms with Crippen molar-refractivity contribution in [3.63, 3.8) is 0 Å². The second kappa shape index (κ2) is 2.48. The molecule has 0 radical (unpaired) electrons. The Hall–Kier alpha value is -1.06. The van der Waals surface area contributed by atoms with E-state index >= 15 is 0 Å². The van der Waals surface area contributed by atoms with Gasteiger partial charge in [-0.05, 0) is 0 Å². The average molecular weight is 127 g/mol. The minimum absolute atomic E-state index is 0.430. The van der Waals surface area contributed by atoms with Gasteiger partial charge in [-0.3, -0.25) is 0 Å². The molecule has 0 atom stereocenters. The third-order valence-electron chi connectivity index (χ3n) is 1.07. The Labute approximate surface area is 53.4 Å². The highest BCUT2D eigenvalue weighted by atomic mass is 16.5. The minimum atomic E-state index is 0.430. The van der Waals surface area contributed by atoms with Gasteiger partial charge in [-0.25, -0.2) is 0 Å². The highest BCUT2D eigenvalue weighted by Crippen LogP contribution is 1.99. The molecule has 4 nitrogen and oxygen atoms in total. The molecule has 1 aliphatic heterocycles. The molecule has 0 saturated heterocycles. The van der Waals surface area contributed by atoms with Crippen LogP contribution in [-0.4, -0.2) is 18.3 Å². The molecule has 0 unspecified atom stereocenters. The number of rotatable bonds is 1. The number of hydrazone groups is 1. The highest BCUT2D eigenvalue weighted by molar-refractivity contribution is 6.00. The van der Waals surface area contributed by atoms with Gasteiger partial charge in [0.1, 0.15) is 0 Å². The van der Waals surface area contributed by atoms with Crippen LogP contribution in [0.15, 0.2) is 10.1 Å². The largest absolute Gasteiger partial charge is 0.472 e. The molecule has 1 heterocycles. The zero-order valence-electron chi connectivity index (χ0n) is 5.29. The summed E-state index contributed by atoms with van der Waals surface area (Å²) in [7, 11) is 0. The summed E-state index contributed by atoms with van der Waals surface area (Å²) in [4.78, 5) is 3.94. The van der Waals surface area contributed by atoms with Gasteiger partial charge in [0.2, 0.25) is 0 Å². The SMILES string of the molecule is CCC1=NC(=NN)CO1. The van der Waals surface area contributed by atoms with E-state index in [0.717, 1.165) is 12.3 Å². The second-order valence-electron chi connectivity index (χ2n) is 1.69. The molecule has 0 aliphatic carbocycles. The molecule has 2 N–H and O–H groups in total. The standard InChI is InChI=1S/C5H9N3O/c1-2-5-7-4(8-6)3-9-5/h2-3,6H2,1H3. The van der Waals surface area contributed by atoms with Gasteiger partial charge in [-0.15, -0.1) is 0 Å². The lowest BCUT2D eigenvalue weighted by Gasteiger charge is -1.91. The lowest BCUT2D eigenvalue weighted by atomic mass is 10.5. The van der Waals surface area contributed by atoms with Gasteiger partial charge in [0, 0.05) is 6.42 Å². The van der Waals surface area contributed by atoms with E-state index < -0.39 is 0 Å². The number of hydrogen-bond donors (Lipinski definition) is 1. The van der Waals surface area contributed by atoms with Crippen LogP contribution in [0.25, 0.3) is 0 Å². The van der Waals surface area contributed by atoms with E-state index in [2.05, 4.69) is 10.1 Å². The van der Waals surface area contributed by atoms with Crippen molar-refractivity contribution in [2.45, 2.75) is 13.3 Å². The molecule has 9 heavy (non-hydrogen) atoms. The third kappa shape index (κ3) is 1.19. The predicted octanol–water partition coefficient (Wildman–Crippen LogP) is 0.0973. The fourth-order valence-electron chi connectivity index (χ4n) is 0.604. The van der Waals surface area contributed by atoms with E-state index in [0.29, 0.717) is 12.4 Å². The first kappa shape index (κ1) is 6.07. The summed E-state index contributed by atoms with van der Waals surface area (Å²) >= 11 is 0. The molecule has 0 amide bonds. The molecule has 0 aromatic carbocycles. The Morgan fingerprint density at radius 2 is 2.67 bits per heavy atom. The van der Waals surface area contributed by atoms with Gasteiger partial charge >= 0.3 is 0 Å². The number of amidine groups is 1. The van der Waals surface area contributed by atoms with Crippen LogP contribution in [-0.2, 0) is 4.74 Å². The topological polar surface area (TPSA) is 60.0 Å². The highest BCUT2D eigenvalue weighted by Gasteiger charge is 2.10. The van der Waals surface area contributed by atoms with Gasteiger partial charge in [0.05, 0.1) is 0 Å². The van der Waals surface area contributed by atoms with Crippen molar-refractivity contribution in [3.8, 4) is 0 Å². The molecule has 0 saturated carbocycles. The molecule has 0 aromatic heterocycles. The first-order valence-corrected chi connectivity index (χ1v) is 2.84. The quantitative estimate of drug-likeness (QED) is 0.401. The summed E-state index contributed by atoms with van der Waals surface area (Å²) in [5, 5.41) is 3.39. The maximum absolute atomic E-state index is 5.04. The van der Waals surface area contributed by atoms with Gasteiger partial charge in [0.15, 0.2) is 18.3 Å². The number of nitrogens with zero attached hydrogens (tertiary/aromatic N) is 2. The Kier molecular flexibility index (Phi) is 1.67. The van der Waals surface area contributed by atoms with Crippen LogP contribution in [0.4, 0.5) is 0 Å². The Morgan fingerprint density at radius 3 is 3.00 bits per heavy atom. The number of nitrogens with two attached hydrogens (primary N) is 1. The van der Waals surface area contributed by atoms with E-state index in [1.165, 1.54) is 0 Å². The first-order chi connectivity index (χ1) is 4.36. The molecule has 50 valence electrons. The molecule has 1 rings (SSSR count). The summed E-state index contributed by atoms with van der Waals surface area (Å²) in [6.45, 7) is 2.40. The summed E-state index contributed by atoms with van der Waals surface area (Å²) in [6, 6.07) is 0. The van der Waals surface area contributed by atoms with Crippen LogP contribution in [0, 0.1) is 0 Å². The van der Waals surface area contributed by atoms with Crippen LogP contribution >= 0.6 is 0 Å². The lowest BCUT2D eigenvalue weighted by Crippen LogP contribution is -2.00. The van der Waals surface area contributed by atoms with Gasteiger partial charge in [-0.2, -0.15) is 10.1 Å². The summed E-state index contributed by atoms with van der Waals surface area (Å²) < 4.78 is 5.04. The summed E-state index contributed by atoms with van der Waals surface area (Å²) in [5.74, 6) is 6.25. The molecule has 0 bridgehead atoms. The third-order valence-corrected chi connectivity index (χ3v) is 1.07. The van der Waals surface area contributed by atoms with Gasteiger partial charge in [0.25, 0.3) is 0 Å². The maximum Gasteiger partial charge on any atom is 0.190 e. The molecule has 0 spiro atoms. The second-order valence-corrected chi connectivity index (χ2v) is 1.69. The van der Waals surface area contributed by atoms with E-state index in [1.807, 2.05) is 6.92 Å². The zero-order valence-corrected chi connectivity index (χ0v) is 5.29. The number of aliphatic imine (C=N–C) groups is 1. The van der Waals surface area contributed by atoms with Gasteiger partial charge < -0.3 is 10.6 Å². The fourth-order valence-corrected chi connectivity index (χ4v) is 0.604. The van der Waals surface area contributed by atoms with Crippen LogP contribution < -0.4 is 5.84 Å². The van der Waals surface area contributed by atoms with Crippen molar-refractivity contribution < 1.29 is 4.74 Å². The minimum Gasteiger partial charge on any atom is -0.472 e. The molecule has 1 aliphatic rings. The molecular formula is C5H9N3O. The van der Waals surface area contributed by atoms with Crippen molar-refractivity contribution in [3.05, 3.63) is 0 Å². The lowest BCUT2D eigenvalue weighted by molar-refractivity contribution is 0.370. The average Bonchev–Trinajstić information content (AvgIpc) is 2.34. The van der Waals surface area contributed by atoms with Crippen molar-refractivity contribution in [1.82, 2.24) is 0 Å². The maximum atomic E-state index is 5.04. The number of ether oxygens (including phenoxy) is 1. The molecule has 0 fully saturated rings. The van der Waals surface area contributed by atoms with Crippen LogP contribution in [0.5, 0.6) is 0 Å². The van der Waals surface area contributed by atoms with Crippen molar-refractivity contribution in [2.75, 3.05) is 6.61 Å². The smallest absolute Gasteiger partial charge is 0.190 e. The van der Waals surface area contributed by atoms with E-state index in [-0.39, 0.29) is 0 Å². The zero-order chi connectivity index (χ0) is 6.69. The van der Waals surface area contributed by atoms with Crippen LogP contribution in [0.1, 0.15) is 13.3 Å². The van der Waals surface area contributed by atoms with E-state index in [1.54, 1.807) is 0 Å². The Balaban J connectivity index is 2.61. The van der Waals surface area contributed by atoms with E-state index in [9.17, 15) is 0 Å².